The lowest BCUT2D eigenvalue weighted by Gasteiger charge is -2.14. The van der Waals surface area contributed by atoms with Gasteiger partial charge in [0.25, 0.3) is 0 Å². The molecule has 2 unspecified atom stereocenters. The summed E-state index contributed by atoms with van der Waals surface area (Å²) in [5.41, 5.74) is 0.747. The summed E-state index contributed by atoms with van der Waals surface area (Å²) in [6.45, 7) is 1.03. The lowest BCUT2D eigenvalue weighted by Crippen LogP contribution is -2.30. The predicted octanol–water partition coefficient (Wildman–Crippen LogP) is 0.603. The molecule has 2 atom stereocenters. The van der Waals surface area contributed by atoms with Gasteiger partial charge in [-0.05, 0) is 12.0 Å². The van der Waals surface area contributed by atoms with Gasteiger partial charge in [0.05, 0.1) is 12.5 Å². The second-order valence-corrected chi connectivity index (χ2v) is 3.81. The Morgan fingerprint density at radius 1 is 1.22 bits per heavy atom. The van der Waals surface area contributed by atoms with E-state index in [1.807, 2.05) is 6.07 Å². The van der Waals surface area contributed by atoms with Crippen LogP contribution in [0, 0.1) is 0 Å². The molecule has 0 aromatic heterocycles. The summed E-state index contributed by atoms with van der Waals surface area (Å²) in [6, 6.07) is 8.93. The zero-order valence-corrected chi connectivity index (χ0v) is 10.1. The summed E-state index contributed by atoms with van der Waals surface area (Å²) in [7, 11) is 0. The van der Waals surface area contributed by atoms with Crippen LogP contribution in [0.5, 0.6) is 0 Å². The Balaban J connectivity index is 2.72. The van der Waals surface area contributed by atoms with Gasteiger partial charge in [0.15, 0.2) is 6.10 Å². The summed E-state index contributed by atoms with van der Waals surface area (Å²) in [4.78, 5) is 23.0. The molecule has 0 amide bonds. The van der Waals surface area contributed by atoms with Crippen molar-refractivity contribution in [1.82, 2.24) is 0 Å². The van der Waals surface area contributed by atoms with Crippen molar-refractivity contribution in [2.45, 2.75) is 25.4 Å². The molecule has 0 bridgehead atoms. The van der Waals surface area contributed by atoms with Crippen LogP contribution in [0.1, 0.15) is 24.8 Å². The van der Waals surface area contributed by atoms with Crippen LogP contribution < -0.4 is 0 Å². The van der Waals surface area contributed by atoms with Crippen molar-refractivity contribution in [1.29, 1.82) is 0 Å². The topological polar surface area (TPSA) is 83.8 Å². The molecule has 2 N–H and O–H groups in total. The van der Waals surface area contributed by atoms with Crippen molar-refractivity contribution >= 4 is 11.9 Å². The Morgan fingerprint density at radius 3 is 2.33 bits per heavy atom. The van der Waals surface area contributed by atoms with Gasteiger partial charge in [0.1, 0.15) is 0 Å². The molecule has 0 aliphatic rings. The number of carbonyl (C=O) groups excluding carboxylic acids is 2. The SMILES string of the molecule is CCC(C(=O)OC(=O)C(O)CO)c1ccccc1. The second kappa shape index (κ2) is 6.88. The third kappa shape index (κ3) is 3.65. The van der Waals surface area contributed by atoms with Crippen LogP contribution in [0.4, 0.5) is 0 Å². The molecule has 0 aliphatic carbocycles. The number of hydrogen-bond donors (Lipinski definition) is 2. The Hall–Kier alpha value is -1.72. The van der Waals surface area contributed by atoms with Gasteiger partial charge in [-0.3, -0.25) is 4.79 Å². The van der Waals surface area contributed by atoms with Crippen LogP contribution in [0.2, 0.25) is 0 Å². The lowest BCUT2D eigenvalue weighted by atomic mass is 9.97. The maximum Gasteiger partial charge on any atom is 0.345 e. The maximum atomic E-state index is 11.8. The number of benzene rings is 1. The van der Waals surface area contributed by atoms with Crippen molar-refractivity contribution < 1.29 is 24.5 Å². The van der Waals surface area contributed by atoms with E-state index >= 15 is 0 Å². The summed E-state index contributed by atoms with van der Waals surface area (Å²) in [5, 5.41) is 17.6. The standard InChI is InChI=1S/C13H16O5/c1-2-10(9-6-4-3-5-7-9)12(16)18-13(17)11(15)8-14/h3-7,10-11,14-15H,2,8H2,1H3. The van der Waals surface area contributed by atoms with Gasteiger partial charge in [-0.25, -0.2) is 4.79 Å². The predicted molar refractivity (Wildman–Crippen MR) is 63.7 cm³/mol. The molecule has 1 rings (SSSR count). The van der Waals surface area contributed by atoms with E-state index in [4.69, 9.17) is 10.2 Å². The van der Waals surface area contributed by atoms with Gasteiger partial charge in [-0.2, -0.15) is 0 Å². The fourth-order valence-corrected chi connectivity index (χ4v) is 1.54. The van der Waals surface area contributed by atoms with E-state index in [2.05, 4.69) is 4.74 Å². The number of rotatable bonds is 5. The molecule has 18 heavy (non-hydrogen) atoms. The van der Waals surface area contributed by atoms with Crippen LogP contribution in [-0.4, -0.2) is 34.9 Å². The molecule has 0 heterocycles. The molecular weight excluding hydrogens is 236 g/mol. The minimum Gasteiger partial charge on any atom is -0.393 e. The van der Waals surface area contributed by atoms with Crippen LogP contribution in [0.25, 0.3) is 0 Å². The molecule has 0 aliphatic heterocycles. The first kappa shape index (κ1) is 14.3. The minimum absolute atomic E-state index is 0.478. The number of carbonyl (C=O) groups is 2. The highest BCUT2D eigenvalue weighted by Crippen LogP contribution is 2.20. The fourth-order valence-electron chi connectivity index (χ4n) is 1.54. The van der Waals surface area contributed by atoms with E-state index < -0.39 is 30.6 Å². The van der Waals surface area contributed by atoms with Gasteiger partial charge in [0.2, 0.25) is 0 Å². The van der Waals surface area contributed by atoms with Gasteiger partial charge in [0, 0.05) is 0 Å². The number of aliphatic hydroxyl groups is 2. The smallest absolute Gasteiger partial charge is 0.345 e. The highest BCUT2D eigenvalue weighted by molar-refractivity contribution is 5.91. The molecule has 5 nitrogen and oxygen atoms in total. The average Bonchev–Trinajstić information content (AvgIpc) is 2.39. The summed E-state index contributed by atoms with van der Waals surface area (Å²) >= 11 is 0. The van der Waals surface area contributed by atoms with Crippen LogP contribution in [0.3, 0.4) is 0 Å². The molecule has 98 valence electrons. The van der Waals surface area contributed by atoms with Crippen molar-refractivity contribution in [3.05, 3.63) is 35.9 Å². The first-order chi connectivity index (χ1) is 8.60. The van der Waals surface area contributed by atoms with Gasteiger partial charge in [-0.1, -0.05) is 37.3 Å². The van der Waals surface area contributed by atoms with Crippen molar-refractivity contribution in [3.8, 4) is 0 Å². The van der Waals surface area contributed by atoms with Crippen LogP contribution in [0.15, 0.2) is 30.3 Å². The van der Waals surface area contributed by atoms with Crippen molar-refractivity contribution in [2.75, 3.05) is 6.61 Å². The molecule has 0 radical (unpaired) electrons. The molecule has 0 spiro atoms. The Morgan fingerprint density at radius 2 is 1.83 bits per heavy atom. The first-order valence-electron chi connectivity index (χ1n) is 5.69. The summed E-state index contributed by atoms with van der Waals surface area (Å²) in [5.74, 6) is -2.40. The quantitative estimate of drug-likeness (QED) is 0.592. The summed E-state index contributed by atoms with van der Waals surface area (Å²) < 4.78 is 4.52. The van der Waals surface area contributed by atoms with E-state index in [0.29, 0.717) is 6.42 Å². The fraction of sp³-hybridized carbons (Fsp3) is 0.385. The number of ether oxygens (including phenoxy) is 1. The molecule has 5 heteroatoms. The largest absolute Gasteiger partial charge is 0.393 e. The number of aliphatic hydroxyl groups excluding tert-OH is 2. The van der Waals surface area contributed by atoms with Crippen LogP contribution in [-0.2, 0) is 14.3 Å². The Labute approximate surface area is 105 Å². The molecular formula is C13H16O5. The van der Waals surface area contributed by atoms with E-state index in [-0.39, 0.29) is 0 Å². The monoisotopic (exact) mass is 252 g/mol. The number of hydrogen-bond acceptors (Lipinski definition) is 5. The molecule has 1 aromatic carbocycles. The zero-order valence-electron chi connectivity index (χ0n) is 10.1. The van der Waals surface area contributed by atoms with Gasteiger partial charge >= 0.3 is 11.9 Å². The Bertz CT molecular complexity index is 401. The Kier molecular flexibility index (Phi) is 5.48. The van der Waals surface area contributed by atoms with E-state index in [0.717, 1.165) is 5.56 Å². The van der Waals surface area contributed by atoms with Crippen LogP contribution >= 0.6 is 0 Å². The van der Waals surface area contributed by atoms with E-state index in [1.165, 1.54) is 0 Å². The summed E-state index contributed by atoms with van der Waals surface area (Å²) in [6.07, 6.45) is -1.20. The van der Waals surface area contributed by atoms with Crippen molar-refractivity contribution in [3.63, 3.8) is 0 Å². The molecule has 0 fully saturated rings. The third-order valence-electron chi connectivity index (χ3n) is 2.54. The number of esters is 2. The molecule has 0 saturated heterocycles. The van der Waals surface area contributed by atoms with Gasteiger partial charge < -0.3 is 14.9 Å². The average molecular weight is 252 g/mol. The maximum absolute atomic E-state index is 11.8. The van der Waals surface area contributed by atoms with E-state index in [1.54, 1.807) is 31.2 Å². The molecule has 1 aromatic rings. The van der Waals surface area contributed by atoms with Crippen molar-refractivity contribution in [2.24, 2.45) is 0 Å². The highest BCUT2D eigenvalue weighted by atomic mass is 16.6. The first-order valence-corrected chi connectivity index (χ1v) is 5.69. The molecule has 0 saturated carbocycles. The third-order valence-corrected chi connectivity index (χ3v) is 2.54. The van der Waals surface area contributed by atoms with Gasteiger partial charge in [-0.15, -0.1) is 0 Å². The zero-order chi connectivity index (χ0) is 13.5. The minimum atomic E-state index is -1.68. The highest BCUT2D eigenvalue weighted by Gasteiger charge is 2.25. The van der Waals surface area contributed by atoms with E-state index in [9.17, 15) is 9.59 Å². The lowest BCUT2D eigenvalue weighted by molar-refractivity contribution is -0.168. The second-order valence-electron chi connectivity index (χ2n) is 3.81. The normalized spacial score (nSPS) is 13.7.